The predicted octanol–water partition coefficient (Wildman–Crippen LogP) is 0.777. The monoisotopic (exact) mass is 208 g/mol. The second kappa shape index (κ2) is 4.44. The molecule has 2 rings (SSSR count). The van der Waals surface area contributed by atoms with Crippen LogP contribution in [0.5, 0.6) is 5.88 Å². The molecule has 5 nitrogen and oxygen atoms in total. The molecule has 0 spiro atoms. The zero-order valence-corrected chi connectivity index (χ0v) is 8.81. The van der Waals surface area contributed by atoms with Gasteiger partial charge in [0.15, 0.2) is 0 Å². The van der Waals surface area contributed by atoms with Crippen LogP contribution >= 0.6 is 0 Å². The highest BCUT2D eigenvalue weighted by atomic mass is 16.5. The molecule has 0 aliphatic heterocycles. The number of nitrogens with zero attached hydrogens (tertiary/aromatic N) is 2. The molecular formula is C10H16N4O. The van der Waals surface area contributed by atoms with Gasteiger partial charge in [0.05, 0.1) is 6.61 Å². The highest BCUT2D eigenvalue weighted by Crippen LogP contribution is 2.22. The Labute approximate surface area is 89.1 Å². The minimum Gasteiger partial charge on any atom is -0.478 e. The van der Waals surface area contributed by atoms with Gasteiger partial charge in [-0.3, -0.25) is 0 Å². The molecule has 5 heteroatoms. The van der Waals surface area contributed by atoms with Crippen molar-refractivity contribution in [3.05, 3.63) is 12.4 Å². The van der Waals surface area contributed by atoms with E-state index in [-0.39, 0.29) is 0 Å². The first-order chi connectivity index (χ1) is 7.28. The van der Waals surface area contributed by atoms with Gasteiger partial charge in [-0.15, -0.1) is 0 Å². The van der Waals surface area contributed by atoms with Crippen LogP contribution in [0.4, 0.5) is 5.82 Å². The molecule has 82 valence electrons. The molecule has 0 bridgehead atoms. The molecule has 1 fully saturated rings. The van der Waals surface area contributed by atoms with E-state index in [2.05, 4.69) is 15.3 Å². The summed E-state index contributed by atoms with van der Waals surface area (Å²) in [5.41, 5.74) is 5.70. The van der Waals surface area contributed by atoms with Gasteiger partial charge in [0.25, 0.3) is 0 Å². The van der Waals surface area contributed by atoms with Crippen molar-refractivity contribution in [3.63, 3.8) is 0 Å². The van der Waals surface area contributed by atoms with Crippen LogP contribution in [0.15, 0.2) is 12.4 Å². The third-order valence-corrected chi connectivity index (χ3v) is 2.46. The van der Waals surface area contributed by atoms with Crippen LogP contribution in [0.25, 0.3) is 0 Å². The van der Waals surface area contributed by atoms with E-state index in [4.69, 9.17) is 10.5 Å². The van der Waals surface area contributed by atoms with Crippen LogP contribution in [0.1, 0.15) is 19.8 Å². The fourth-order valence-corrected chi connectivity index (χ4v) is 1.63. The zero-order chi connectivity index (χ0) is 10.7. The largest absolute Gasteiger partial charge is 0.478 e. The number of nitrogens with one attached hydrogen (secondary N) is 1. The summed E-state index contributed by atoms with van der Waals surface area (Å²) in [6.45, 7) is 2.55. The number of nitrogens with two attached hydrogens (primary N) is 1. The van der Waals surface area contributed by atoms with E-state index in [1.807, 2.05) is 13.0 Å². The normalized spacial score (nSPS) is 24.4. The Morgan fingerprint density at radius 2 is 2.33 bits per heavy atom. The summed E-state index contributed by atoms with van der Waals surface area (Å²) in [4.78, 5) is 8.12. The van der Waals surface area contributed by atoms with Gasteiger partial charge in [0.1, 0.15) is 12.1 Å². The molecule has 1 heterocycles. The fourth-order valence-electron chi connectivity index (χ4n) is 1.63. The maximum Gasteiger partial charge on any atom is 0.218 e. The lowest BCUT2D eigenvalue weighted by Gasteiger charge is -2.33. The van der Waals surface area contributed by atoms with Gasteiger partial charge >= 0.3 is 0 Å². The van der Waals surface area contributed by atoms with Gasteiger partial charge < -0.3 is 15.8 Å². The first kappa shape index (κ1) is 10.2. The van der Waals surface area contributed by atoms with E-state index < -0.39 is 0 Å². The summed E-state index contributed by atoms with van der Waals surface area (Å²) >= 11 is 0. The van der Waals surface area contributed by atoms with Crippen molar-refractivity contribution < 1.29 is 4.74 Å². The molecule has 1 aromatic rings. The van der Waals surface area contributed by atoms with Crippen molar-refractivity contribution in [2.45, 2.75) is 31.8 Å². The molecule has 1 aromatic heterocycles. The highest BCUT2D eigenvalue weighted by Gasteiger charge is 2.25. The molecule has 0 saturated heterocycles. The van der Waals surface area contributed by atoms with Crippen molar-refractivity contribution in [2.24, 2.45) is 5.73 Å². The summed E-state index contributed by atoms with van der Waals surface area (Å²) in [7, 11) is 0. The molecule has 3 N–H and O–H groups in total. The third-order valence-electron chi connectivity index (χ3n) is 2.46. The topological polar surface area (TPSA) is 73.1 Å². The van der Waals surface area contributed by atoms with E-state index in [1.54, 1.807) is 0 Å². The standard InChI is InChI=1S/C10H16N4O/c1-2-15-10-5-9(12-6-13-10)14-8-3-7(11)4-8/h5-8H,2-4,11H2,1H3,(H,12,13,14). The van der Waals surface area contributed by atoms with Crippen LogP contribution in [0.2, 0.25) is 0 Å². The van der Waals surface area contributed by atoms with Crippen LogP contribution in [-0.4, -0.2) is 28.7 Å². The molecule has 1 aliphatic rings. The van der Waals surface area contributed by atoms with Gasteiger partial charge in [-0.2, -0.15) is 0 Å². The SMILES string of the molecule is CCOc1cc(NC2CC(N)C2)ncn1. The van der Waals surface area contributed by atoms with Gasteiger partial charge in [0, 0.05) is 18.2 Å². The van der Waals surface area contributed by atoms with Gasteiger partial charge in [-0.1, -0.05) is 0 Å². The molecular weight excluding hydrogens is 192 g/mol. The molecule has 15 heavy (non-hydrogen) atoms. The predicted molar refractivity (Wildman–Crippen MR) is 57.8 cm³/mol. The lowest BCUT2D eigenvalue weighted by atomic mass is 9.88. The minimum absolute atomic E-state index is 0.343. The van der Waals surface area contributed by atoms with Crippen LogP contribution < -0.4 is 15.8 Å². The van der Waals surface area contributed by atoms with Crippen molar-refractivity contribution in [3.8, 4) is 5.88 Å². The molecule has 0 unspecified atom stereocenters. The fraction of sp³-hybridized carbons (Fsp3) is 0.600. The Morgan fingerprint density at radius 3 is 3.00 bits per heavy atom. The van der Waals surface area contributed by atoms with Crippen molar-refractivity contribution in [1.82, 2.24) is 9.97 Å². The number of ether oxygens (including phenoxy) is 1. The number of hydrogen-bond acceptors (Lipinski definition) is 5. The second-order valence-corrected chi connectivity index (χ2v) is 3.75. The number of rotatable bonds is 4. The van der Waals surface area contributed by atoms with Crippen LogP contribution in [0, 0.1) is 0 Å². The maximum absolute atomic E-state index is 5.70. The third kappa shape index (κ3) is 2.56. The Kier molecular flexibility index (Phi) is 3.01. The average molecular weight is 208 g/mol. The average Bonchev–Trinajstić information content (AvgIpc) is 2.17. The second-order valence-electron chi connectivity index (χ2n) is 3.75. The zero-order valence-electron chi connectivity index (χ0n) is 8.81. The first-order valence-corrected chi connectivity index (χ1v) is 5.25. The summed E-state index contributed by atoms with van der Waals surface area (Å²) in [6, 6.07) is 2.60. The lowest BCUT2D eigenvalue weighted by Crippen LogP contribution is -2.44. The minimum atomic E-state index is 0.343. The number of hydrogen-bond donors (Lipinski definition) is 2. The summed E-state index contributed by atoms with van der Waals surface area (Å²) in [5.74, 6) is 1.42. The van der Waals surface area contributed by atoms with E-state index in [9.17, 15) is 0 Å². The van der Waals surface area contributed by atoms with Gasteiger partial charge in [0.2, 0.25) is 5.88 Å². The molecule has 0 aromatic carbocycles. The summed E-state index contributed by atoms with van der Waals surface area (Å²) in [6.07, 6.45) is 3.52. The lowest BCUT2D eigenvalue weighted by molar-refractivity contribution is 0.326. The van der Waals surface area contributed by atoms with Gasteiger partial charge in [-0.05, 0) is 19.8 Å². The molecule has 0 radical (unpaired) electrons. The van der Waals surface area contributed by atoms with Crippen molar-refractivity contribution in [2.75, 3.05) is 11.9 Å². The molecule has 0 amide bonds. The van der Waals surface area contributed by atoms with E-state index in [0.717, 1.165) is 18.7 Å². The Bertz CT molecular complexity index is 325. The molecule has 1 aliphatic carbocycles. The first-order valence-electron chi connectivity index (χ1n) is 5.25. The van der Waals surface area contributed by atoms with Crippen molar-refractivity contribution in [1.29, 1.82) is 0 Å². The quantitative estimate of drug-likeness (QED) is 0.764. The van der Waals surface area contributed by atoms with E-state index in [1.165, 1.54) is 6.33 Å². The van der Waals surface area contributed by atoms with Crippen molar-refractivity contribution >= 4 is 5.82 Å². The number of aromatic nitrogens is 2. The van der Waals surface area contributed by atoms with Crippen LogP contribution in [-0.2, 0) is 0 Å². The number of anilines is 1. The van der Waals surface area contributed by atoms with Crippen LogP contribution in [0.3, 0.4) is 0 Å². The smallest absolute Gasteiger partial charge is 0.218 e. The molecule has 1 saturated carbocycles. The van der Waals surface area contributed by atoms with E-state index in [0.29, 0.717) is 24.6 Å². The summed E-state index contributed by atoms with van der Waals surface area (Å²) in [5, 5.41) is 3.30. The maximum atomic E-state index is 5.70. The Balaban J connectivity index is 1.93. The Morgan fingerprint density at radius 1 is 1.53 bits per heavy atom. The Hall–Kier alpha value is -1.36. The highest BCUT2D eigenvalue weighted by molar-refractivity contribution is 5.38. The summed E-state index contributed by atoms with van der Waals surface area (Å²) < 4.78 is 5.29. The van der Waals surface area contributed by atoms with Gasteiger partial charge in [-0.25, -0.2) is 9.97 Å². The molecule has 0 atom stereocenters. The van der Waals surface area contributed by atoms with E-state index >= 15 is 0 Å².